The van der Waals surface area contributed by atoms with Crippen LogP contribution in [0.25, 0.3) is 17.6 Å². The molecule has 0 aliphatic carbocycles. The summed E-state index contributed by atoms with van der Waals surface area (Å²) in [6.07, 6.45) is -0.0409. The molecule has 2 amide bonds. The van der Waals surface area contributed by atoms with Crippen LogP contribution < -0.4 is 10.9 Å². The Morgan fingerprint density at radius 3 is 2.67 bits per heavy atom. The minimum Gasteiger partial charge on any atom is -0.273 e. The molecule has 0 atom stereocenters. The highest BCUT2D eigenvalue weighted by Crippen LogP contribution is 2.33. The van der Waals surface area contributed by atoms with Crippen LogP contribution in [-0.4, -0.2) is 26.6 Å². The Morgan fingerprint density at radius 2 is 2.00 bits per heavy atom. The number of hydrogen-bond acceptors (Lipinski definition) is 5. The number of carbonyl (C=O) groups is 2. The zero-order valence-corrected chi connectivity index (χ0v) is 15.0. The number of aromatic nitrogens is 3. The van der Waals surface area contributed by atoms with E-state index in [0.717, 1.165) is 22.9 Å². The second kappa shape index (κ2) is 8.71. The Morgan fingerprint density at radius 1 is 1.26 bits per heavy atom. The molecule has 2 aromatic rings. The van der Waals surface area contributed by atoms with Gasteiger partial charge in [0.05, 0.1) is 5.56 Å². The zero-order valence-electron chi connectivity index (χ0n) is 14.1. The summed E-state index contributed by atoms with van der Waals surface area (Å²) in [5.41, 5.74) is 3.69. The van der Waals surface area contributed by atoms with Crippen LogP contribution >= 0.6 is 12.6 Å². The molecule has 27 heavy (non-hydrogen) atoms. The Kier molecular flexibility index (Phi) is 6.61. The van der Waals surface area contributed by atoms with Gasteiger partial charge in [-0.15, -0.1) is 17.7 Å². The number of hydrogen-bond donors (Lipinski definition) is 3. The molecule has 0 radical (unpaired) electrons. The second-order valence-electron chi connectivity index (χ2n) is 5.42. The van der Waals surface area contributed by atoms with Gasteiger partial charge >= 0.3 is 6.18 Å². The van der Waals surface area contributed by atoms with Crippen molar-refractivity contribution in [3.05, 3.63) is 36.2 Å². The van der Waals surface area contributed by atoms with Gasteiger partial charge in [-0.3, -0.25) is 20.4 Å². The van der Waals surface area contributed by atoms with E-state index in [1.807, 2.05) is 6.92 Å². The number of rotatable bonds is 5. The monoisotopic (exact) mass is 399 g/mol. The molecule has 0 aliphatic rings. The predicted molar refractivity (Wildman–Crippen MR) is 94.2 cm³/mol. The number of thiol groups is 1. The van der Waals surface area contributed by atoms with Crippen molar-refractivity contribution in [2.24, 2.45) is 0 Å². The smallest absolute Gasteiger partial charge is 0.273 e. The van der Waals surface area contributed by atoms with Crippen LogP contribution in [0.5, 0.6) is 0 Å². The lowest BCUT2D eigenvalue weighted by molar-refractivity contribution is -0.137. The number of alkyl halides is 3. The molecule has 1 heterocycles. The molecule has 2 N–H and O–H groups in total. The lowest BCUT2D eigenvalue weighted by Crippen LogP contribution is -2.40. The molecule has 1 aromatic carbocycles. The van der Waals surface area contributed by atoms with E-state index in [4.69, 9.17) is 0 Å². The van der Waals surface area contributed by atoms with Crippen LogP contribution in [0.2, 0.25) is 0 Å². The number of hydrazine groups is 1. The minimum absolute atomic E-state index is 0.0395. The molecule has 11 heteroatoms. The van der Waals surface area contributed by atoms with E-state index in [2.05, 4.69) is 33.6 Å². The van der Waals surface area contributed by atoms with Crippen molar-refractivity contribution < 1.29 is 22.8 Å². The average Bonchev–Trinajstić information content (AvgIpc) is 3.06. The molecular formula is C16H16F3N5O2S. The molecule has 1 aromatic heterocycles. The van der Waals surface area contributed by atoms with E-state index in [1.54, 1.807) is 0 Å². The van der Waals surface area contributed by atoms with Gasteiger partial charge in [-0.25, -0.2) is 9.67 Å². The van der Waals surface area contributed by atoms with Gasteiger partial charge in [0.2, 0.25) is 5.91 Å². The van der Waals surface area contributed by atoms with Gasteiger partial charge in [0.25, 0.3) is 5.91 Å². The van der Waals surface area contributed by atoms with Gasteiger partial charge in [0.1, 0.15) is 6.33 Å². The first-order chi connectivity index (χ1) is 12.7. The van der Waals surface area contributed by atoms with Crippen molar-refractivity contribution >= 4 is 30.6 Å². The Labute approximate surface area is 158 Å². The van der Waals surface area contributed by atoms with Gasteiger partial charge in [-0.2, -0.15) is 13.2 Å². The molecule has 0 bridgehead atoms. The highest BCUT2D eigenvalue weighted by Gasteiger charge is 2.31. The Balaban J connectivity index is 2.08. The van der Waals surface area contributed by atoms with Crippen molar-refractivity contribution in [3.8, 4) is 11.4 Å². The molecule has 0 fully saturated rings. The van der Waals surface area contributed by atoms with Crippen LogP contribution in [0, 0.1) is 0 Å². The molecule has 0 spiro atoms. The molecule has 7 nitrogen and oxygen atoms in total. The summed E-state index contributed by atoms with van der Waals surface area (Å²) in [5.74, 6) is -0.889. The third-order valence-electron chi connectivity index (χ3n) is 3.19. The Bertz CT molecular complexity index is 864. The summed E-state index contributed by atoms with van der Waals surface area (Å²) in [5, 5.41) is 3.99. The highest BCUT2D eigenvalue weighted by molar-refractivity contribution is 7.80. The summed E-state index contributed by atoms with van der Waals surface area (Å²) in [4.78, 5) is 26.9. The summed E-state index contributed by atoms with van der Waals surface area (Å²) >= 11 is 3.97. The first-order valence-electron chi connectivity index (χ1n) is 7.79. The molecule has 144 valence electrons. The molecule has 0 saturated heterocycles. The zero-order chi connectivity index (χ0) is 20.0. The van der Waals surface area contributed by atoms with Crippen LogP contribution in [0.15, 0.2) is 35.5 Å². The number of carbonyl (C=O) groups excluding carboxylic acids is 2. The van der Waals surface area contributed by atoms with Crippen molar-refractivity contribution in [2.45, 2.75) is 30.8 Å². The van der Waals surface area contributed by atoms with E-state index < -0.39 is 17.6 Å². The molecule has 0 saturated carbocycles. The van der Waals surface area contributed by atoms with Crippen LogP contribution in [0.3, 0.4) is 0 Å². The number of benzene rings is 1. The maximum Gasteiger partial charge on any atom is 0.416 e. The second-order valence-corrected chi connectivity index (χ2v) is 5.93. The number of halogens is 3. The summed E-state index contributed by atoms with van der Waals surface area (Å²) in [7, 11) is 0. The number of nitrogens with one attached hydrogen (secondary N) is 2. The number of nitrogens with zero attached hydrogens (tertiary/aromatic N) is 3. The largest absolute Gasteiger partial charge is 0.416 e. The van der Waals surface area contributed by atoms with Gasteiger partial charge in [-0.05, 0) is 24.6 Å². The summed E-state index contributed by atoms with van der Waals surface area (Å²) in [6, 6.07) is 3.22. The highest BCUT2D eigenvalue weighted by atomic mass is 32.1. The number of amides is 2. The van der Waals surface area contributed by atoms with Gasteiger partial charge < -0.3 is 0 Å². The Hall–Kier alpha value is -2.82. The third kappa shape index (κ3) is 6.13. The average molecular weight is 399 g/mol. The van der Waals surface area contributed by atoms with Crippen molar-refractivity contribution in [1.82, 2.24) is 25.6 Å². The van der Waals surface area contributed by atoms with E-state index in [-0.39, 0.29) is 28.6 Å². The normalized spacial score (nSPS) is 11.6. The fraction of sp³-hybridized carbons (Fsp3) is 0.250. The minimum atomic E-state index is -4.52. The van der Waals surface area contributed by atoms with E-state index in [0.29, 0.717) is 6.42 Å². The van der Waals surface area contributed by atoms with Crippen LogP contribution in [0.4, 0.5) is 13.2 Å². The molecule has 0 unspecified atom stereocenters. The van der Waals surface area contributed by atoms with Crippen LogP contribution in [-0.2, 0) is 15.8 Å². The standard InChI is InChI=1S/C16H16F3N5O2S/c1-2-3-13(25)21-22-14(26)4-5-24-9-20-15(23-24)10-6-11(16(17,18)19)8-12(27)7-10/h4-9,27H,2-3H2,1H3,(H,21,25)(H,22,26)/b5-4-. The lowest BCUT2D eigenvalue weighted by Gasteiger charge is -2.08. The van der Waals surface area contributed by atoms with E-state index >= 15 is 0 Å². The van der Waals surface area contributed by atoms with E-state index in [1.165, 1.54) is 18.6 Å². The van der Waals surface area contributed by atoms with Crippen LogP contribution in [0.1, 0.15) is 25.3 Å². The first kappa shape index (κ1) is 20.5. The lowest BCUT2D eigenvalue weighted by atomic mass is 10.1. The van der Waals surface area contributed by atoms with Crippen molar-refractivity contribution in [1.29, 1.82) is 0 Å². The fourth-order valence-corrected chi connectivity index (χ4v) is 2.27. The van der Waals surface area contributed by atoms with Crippen molar-refractivity contribution in [2.75, 3.05) is 0 Å². The first-order valence-corrected chi connectivity index (χ1v) is 8.23. The van der Waals surface area contributed by atoms with Gasteiger partial charge in [-0.1, -0.05) is 6.92 Å². The molecular weight excluding hydrogens is 383 g/mol. The fourth-order valence-electron chi connectivity index (χ4n) is 1.99. The third-order valence-corrected chi connectivity index (χ3v) is 3.45. The molecule has 2 rings (SSSR count). The SMILES string of the molecule is CCCC(=O)NNC(=O)/C=C\n1cnc(-c2cc(S)cc(C(F)(F)F)c2)n1. The van der Waals surface area contributed by atoms with Gasteiger partial charge in [0, 0.05) is 29.2 Å². The quantitative estimate of drug-likeness (QED) is 0.410. The van der Waals surface area contributed by atoms with Crippen molar-refractivity contribution in [3.63, 3.8) is 0 Å². The summed E-state index contributed by atoms with van der Waals surface area (Å²) < 4.78 is 39.8. The topological polar surface area (TPSA) is 88.9 Å². The molecule has 0 aliphatic heterocycles. The summed E-state index contributed by atoms with van der Waals surface area (Å²) in [6.45, 7) is 1.82. The maximum atomic E-state index is 12.9. The van der Waals surface area contributed by atoms with E-state index in [9.17, 15) is 22.8 Å². The maximum absolute atomic E-state index is 12.9. The van der Waals surface area contributed by atoms with Gasteiger partial charge in [0.15, 0.2) is 5.82 Å². The predicted octanol–water partition coefficient (Wildman–Crippen LogP) is 2.67.